The number of para-hydroxylation sites is 2. The van der Waals surface area contributed by atoms with Crippen molar-refractivity contribution in [2.45, 2.75) is 13.8 Å². The summed E-state index contributed by atoms with van der Waals surface area (Å²) in [5, 5.41) is 15.4. The number of nitrogens with one attached hydrogen (secondary N) is 1. The van der Waals surface area contributed by atoms with Gasteiger partial charge in [0, 0.05) is 5.56 Å². The molecule has 4 aromatic rings. The summed E-state index contributed by atoms with van der Waals surface area (Å²) in [5.41, 5.74) is 3.19. The van der Waals surface area contributed by atoms with Crippen LogP contribution >= 0.6 is 0 Å². The highest BCUT2D eigenvalue weighted by Crippen LogP contribution is 2.26. The number of aromatic nitrogens is 4. The summed E-state index contributed by atoms with van der Waals surface area (Å²) >= 11 is 0. The summed E-state index contributed by atoms with van der Waals surface area (Å²) in [7, 11) is 0. The van der Waals surface area contributed by atoms with E-state index in [-0.39, 0.29) is 11.5 Å². The average molecular weight is 391 g/mol. The molecular formula is C21H18FN5O2. The molecule has 0 saturated carbocycles. The lowest BCUT2D eigenvalue weighted by atomic mass is 10.1. The maximum Gasteiger partial charge on any atom is 0.278 e. The Morgan fingerprint density at radius 1 is 1.14 bits per heavy atom. The molecule has 2 aromatic heterocycles. The highest BCUT2D eigenvalue weighted by Gasteiger charge is 2.19. The molecule has 2 aromatic carbocycles. The fraction of sp³-hybridized carbons (Fsp3) is 0.143. The molecule has 146 valence electrons. The molecule has 0 spiro atoms. The standard InChI is InChI=1S/C21H18FN5O2/c1-3-29-18-7-5-4-6-17(18)24-21(28)19-13(2)27-20(26-25-19)16(12-23-27)14-8-10-15(22)11-9-14/h4-12H,3H2,1-2H3,(H,24,28). The first-order valence-corrected chi connectivity index (χ1v) is 9.08. The number of anilines is 1. The van der Waals surface area contributed by atoms with Crippen molar-refractivity contribution in [3.05, 3.63) is 71.9 Å². The quantitative estimate of drug-likeness (QED) is 0.558. The fourth-order valence-corrected chi connectivity index (χ4v) is 3.03. The molecule has 2 heterocycles. The molecule has 8 heteroatoms. The fourth-order valence-electron chi connectivity index (χ4n) is 3.03. The molecule has 0 atom stereocenters. The monoisotopic (exact) mass is 391 g/mol. The number of carbonyl (C=O) groups excluding carboxylic acids is 1. The van der Waals surface area contributed by atoms with E-state index in [9.17, 15) is 9.18 Å². The Kier molecular flexibility index (Phi) is 4.90. The van der Waals surface area contributed by atoms with Gasteiger partial charge >= 0.3 is 0 Å². The molecule has 1 N–H and O–H groups in total. The molecule has 0 bridgehead atoms. The highest BCUT2D eigenvalue weighted by atomic mass is 19.1. The zero-order valence-electron chi connectivity index (χ0n) is 15.9. The van der Waals surface area contributed by atoms with Crippen LogP contribution in [0.15, 0.2) is 54.7 Å². The van der Waals surface area contributed by atoms with Crippen LogP contribution in [-0.4, -0.2) is 32.3 Å². The van der Waals surface area contributed by atoms with Crippen LogP contribution in [0.4, 0.5) is 10.1 Å². The average Bonchev–Trinajstić information content (AvgIpc) is 3.15. The largest absolute Gasteiger partial charge is 0.492 e. The van der Waals surface area contributed by atoms with Crippen molar-refractivity contribution in [2.24, 2.45) is 0 Å². The van der Waals surface area contributed by atoms with Gasteiger partial charge in [0.05, 0.1) is 24.2 Å². The molecule has 1 amide bonds. The van der Waals surface area contributed by atoms with Crippen LogP contribution in [0.2, 0.25) is 0 Å². The van der Waals surface area contributed by atoms with Crippen LogP contribution in [-0.2, 0) is 0 Å². The van der Waals surface area contributed by atoms with E-state index in [2.05, 4.69) is 20.6 Å². The van der Waals surface area contributed by atoms with Crippen molar-refractivity contribution in [2.75, 3.05) is 11.9 Å². The van der Waals surface area contributed by atoms with Crippen LogP contribution in [0.1, 0.15) is 23.1 Å². The number of fused-ring (bicyclic) bond motifs is 1. The number of halogens is 1. The van der Waals surface area contributed by atoms with Crippen LogP contribution in [0, 0.1) is 12.7 Å². The number of ether oxygens (including phenoxy) is 1. The molecule has 0 aliphatic heterocycles. The van der Waals surface area contributed by atoms with Crippen LogP contribution in [0.3, 0.4) is 0 Å². The van der Waals surface area contributed by atoms with Gasteiger partial charge in [-0.1, -0.05) is 24.3 Å². The second-order valence-corrected chi connectivity index (χ2v) is 6.32. The van der Waals surface area contributed by atoms with Crippen molar-refractivity contribution < 1.29 is 13.9 Å². The summed E-state index contributed by atoms with van der Waals surface area (Å²) < 4.78 is 20.3. The van der Waals surface area contributed by atoms with Gasteiger partial charge < -0.3 is 10.1 Å². The normalized spacial score (nSPS) is 10.9. The van der Waals surface area contributed by atoms with E-state index in [1.165, 1.54) is 12.1 Å². The molecule has 4 rings (SSSR count). The van der Waals surface area contributed by atoms with Gasteiger partial charge in [0.2, 0.25) is 0 Å². The SMILES string of the molecule is CCOc1ccccc1NC(=O)c1nnc2c(-c3ccc(F)cc3)cnn2c1C. The van der Waals surface area contributed by atoms with Crippen LogP contribution in [0.5, 0.6) is 5.75 Å². The van der Waals surface area contributed by atoms with Gasteiger partial charge in [-0.2, -0.15) is 5.10 Å². The van der Waals surface area contributed by atoms with Crippen molar-refractivity contribution >= 4 is 17.2 Å². The van der Waals surface area contributed by atoms with Gasteiger partial charge in [-0.05, 0) is 43.7 Å². The molecule has 0 fully saturated rings. The third-order valence-electron chi connectivity index (χ3n) is 4.45. The van der Waals surface area contributed by atoms with E-state index in [0.29, 0.717) is 34.9 Å². The summed E-state index contributed by atoms with van der Waals surface area (Å²) in [6.45, 7) is 4.10. The first kappa shape index (κ1) is 18.5. The van der Waals surface area contributed by atoms with E-state index >= 15 is 0 Å². The lowest BCUT2D eigenvalue weighted by molar-refractivity contribution is 0.101. The Balaban J connectivity index is 1.68. The summed E-state index contributed by atoms with van der Waals surface area (Å²) in [6, 6.07) is 13.2. The third kappa shape index (κ3) is 3.52. The maximum absolute atomic E-state index is 13.2. The molecule has 0 radical (unpaired) electrons. The predicted octanol–water partition coefficient (Wildman–Crippen LogP) is 3.89. The third-order valence-corrected chi connectivity index (χ3v) is 4.45. The summed E-state index contributed by atoms with van der Waals surface area (Å²) in [4.78, 5) is 12.8. The molecule has 0 unspecified atom stereocenters. The van der Waals surface area contributed by atoms with Gasteiger partial charge in [0.25, 0.3) is 5.91 Å². The summed E-state index contributed by atoms with van der Waals surface area (Å²) in [6.07, 6.45) is 1.62. The Hall–Kier alpha value is -3.81. The summed E-state index contributed by atoms with van der Waals surface area (Å²) in [5.74, 6) is -0.158. The van der Waals surface area contributed by atoms with Gasteiger partial charge in [0.1, 0.15) is 11.6 Å². The van der Waals surface area contributed by atoms with Crippen molar-refractivity contribution in [3.8, 4) is 16.9 Å². The van der Waals surface area contributed by atoms with E-state index < -0.39 is 5.91 Å². The van der Waals surface area contributed by atoms with Crippen molar-refractivity contribution in [1.29, 1.82) is 0 Å². The number of hydrogen-bond donors (Lipinski definition) is 1. The Morgan fingerprint density at radius 2 is 1.90 bits per heavy atom. The first-order chi connectivity index (χ1) is 14.1. The Labute approximate surface area is 166 Å². The smallest absolute Gasteiger partial charge is 0.278 e. The molecule has 29 heavy (non-hydrogen) atoms. The molecule has 0 saturated heterocycles. The van der Waals surface area contributed by atoms with Gasteiger partial charge in [-0.15, -0.1) is 10.2 Å². The second kappa shape index (κ2) is 7.67. The van der Waals surface area contributed by atoms with Crippen molar-refractivity contribution in [3.63, 3.8) is 0 Å². The van der Waals surface area contributed by atoms with Gasteiger partial charge in [-0.25, -0.2) is 8.91 Å². The predicted molar refractivity (Wildman–Crippen MR) is 106 cm³/mol. The number of benzene rings is 2. The minimum Gasteiger partial charge on any atom is -0.492 e. The Morgan fingerprint density at radius 3 is 2.66 bits per heavy atom. The van der Waals surface area contributed by atoms with E-state index in [4.69, 9.17) is 4.74 Å². The maximum atomic E-state index is 13.2. The zero-order chi connectivity index (χ0) is 20.4. The van der Waals surface area contributed by atoms with Gasteiger partial charge in [0.15, 0.2) is 11.3 Å². The minimum atomic E-state index is -0.414. The number of rotatable bonds is 5. The number of hydrogen-bond acceptors (Lipinski definition) is 5. The zero-order valence-corrected chi connectivity index (χ0v) is 15.9. The van der Waals surface area contributed by atoms with E-state index in [1.54, 1.807) is 41.9 Å². The van der Waals surface area contributed by atoms with E-state index in [1.807, 2.05) is 19.1 Å². The molecule has 7 nitrogen and oxygen atoms in total. The van der Waals surface area contributed by atoms with Crippen LogP contribution < -0.4 is 10.1 Å². The first-order valence-electron chi connectivity index (χ1n) is 9.08. The number of nitrogens with zero attached hydrogens (tertiary/aromatic N) is 4. The number of carbonyl (C=O) groups is 1. The Bertz CT molecular complexity index is 1190. The van der Waals surface area contributed by atoms with Crippen LogP contribution in [0.25, 0.3) is 16.8 Å². The number of aryl methyl sites for hydroxylation is 1. The lowest BCUT2D eigenvalue weighted by Crippen LogP contribution is -2.19. The molecule has 0 aliphatic carbocycles. The topological polar surface area (TPSA) is 81.4 Å². The number of amides is 1. The minimum absolute atomic E-state index is 0.151. The second-order valence-electron chi connectivity index (χ2n) is 6.32. The molecule has 0 aliphatic rings. The van der Waals surface area contributed by atoms with Crippen molar-refractivity contribution in [1.82, 2.24) is 19.8 Å². The lowest BCUT2D eigenvalue weighted by Gasteiger charge is -2.12. The van der Waals surface area contributed by atoms with E-state index in [0.717, 1.165) is 5.56 Å². The van der Waals surface area contributed by atoms with Gasteiger partial charge in [-0.3, -0.25) is 4.79 Å². The molecular weight excluding hydrogens is 373 g/mol. The highest BCUT2D eigenvalue weighted by molar-refractivity contribution is 6.04.